The topological polar surface area (TPSA) is 101 Å². The van der Waals surface area contributed by atoms with E-state index in [1.807, 2.05) is 0 Å². The zero-order chi connectivity index (χ0) is 25.0. The van der Waals surface area contributed by atoms with Crippen molar-refractivity contribution < 1.29 is 37.0 Å². The first kappa shape index (κ1) is 25.0. The van der Waals surface area contributed by atoms with Crippen LogP contribution in [0.2, 0.25) is 0 Å². The average molecular weight is 496 g/mol. The van der Waals surface area contributed by atoms with Crippen molar-refractivity contribution in [2.24, 2.45) is 10.9 Å². The number of allylic oxidation sites excluding steroid dienone is 1. The van der Waals surface area contributed by atoms with E-state index in [1.54, 1.807) is 0 Å². The molecule has 0 bridgehead atoms. The molecule has 3 aliphatic heterocycles. The van der Waals surface area contributed by atoms with Crippen LogP contribution in [0, 0.1) is 5.92 Å². The molecule has 2 N–H and O–H groups in total. The Morgan fingerprint density at radius 3 is 2.63 bits per heavy atom. The molecule has 35 heavy (non-hydrogen) atoms. The molecule has 0 spiro atoms. The van der Waals surface area contributed by atoms with Crippen LogP contribution in [0.4, 0.5) is 18.0 Å². The van der Waals surface area contributed by atoms with Gasteiger partial charge in [-0.05, 0) is 43.4 Å². The molecule has 4 rings (SSSR count). The van der Waals surface area contributed by atoms with E-state index >= 15 is 0 Å². The molecular formula is C23H27F3N4O5. The molecule has 3 aliphatic rings. The Morgan fingerprint density at radius 2 is 1.97 bits per heavy atom. The third-order valence-corrected chi connectivity index (χ3v) is 6.08. The summed E-state index contributed by atoms with van der Waals surface area (Å²) in [5.74, 6) is 0.00272. The molecule has 3 amide bonds. The number of nitrogens with zero attached hydrogens (tertiary/aromatic N) is 2. The predicted molar refractivity (Wildman–Crippen MR) is 118 cm³/mol. The first-order chi connectivity index (χ1) is 16.7. The molecule has 1 unspecified atom stereocenters. The van der Waals surface area contributed by atoms with Crippen LogP contribution in [0.3, 0.4) is 0 Å². The van der Waals surface area contributed by atoms with E-state index in [9.17, 15) is 22.8 Å². The number of rotatable bonds is 6. The minimum Gasteiger partial charge on any atom is -0.406 e. The molecule has 0 aromatic heterocycles. The average Bonchev–Trinajstić information content (AvgIpc) is 2.83. The number of hydrogen-bond donors (Lipinski definition) is 2. The summed E-state index contributed by atoms with van der Waals surface area (Å²) in [6, 6.07) is 3.93. The van der Waals surface area contributed by atoms with Gasteiger partial charge in [0.2, 0.25) is 5.91 Å². The zero-order valence-electron chi connectivity index (χ0n) is 19.2. The molecule has 190 valence electrons. The molecule has 3 heterocycles. The molecule has 1 aromatic carbocycles. The summed E-state index contributed by atoms with van der Waals surface area (Å²) in [5.41, 5.74) is 2.11. The quantitative estimate of drug-likeness (QED) is 0.630. The highest BCUT2D eigenvalue weighted by Crippen LogP contribution is 2.30. The van der Waals surface area contributed by atoms with Crippen molar-refractivity contribution in [3.05, 3.63) is 41.3 Å². The van der Waals surface area contributed by atoms with Gasteiger partial charge in [0, 0.05) is 32.0 Å². The third-order valence-electron chi connectivity index (χ3n) is 6.08. The van der Waals surface area contributed by atoms with Crippen molar-refractivity contribution in [3.63, 3.8) is 0 Å². The number of urea groups is 1. The highest BCUT2D eigenvalue weighted by Gasteiger charge is 2.35. The maximum absolute atomic E-state index is 13.3. The zero-order valence-corrected chi connectivity index (χ0v) is 19.2. The minimum absolute atomic E-state index is 0.0632. The lowest BCUT2D eigenvalue weighted by molar-refractivity contribution is -0.274. The Morgan fingerprint density at radius 1 is 1.26 bits per heavy atom. The van der Waals surface area contributed by atoms with Gasteiger partial charge in [0.1, 0.15) is 12.3 Å². The van der Waals surface area contributed by atoms with E-state index in [4.69, 9.17) is 14.5 Å². The van der Waals surface area contributed by atoms with Crippen LogP contribution in [0.25, 0.3) is 0 Å². The summed E-state index contributed by atoms with van der Waals surface area (Å²) in [4.78, 5) is 31.6. The van der Waals surface area contributed by atoms with Gasteiger partial charge in [0.05, 0.1) is 18.3 Å². The molecule has 12 heteroatoms. The van der Waals surface area contributed by atoms with E-state index in [1.165, 1.54) is 24.1 Å². The number of methoxy groups -OCH3 is 1. The van der Waals surface area contributed by atoms with Crippen LogP contribution in [0.15, 0.2) is 40.8 Å². The van der Waals surface area contributed by atoms with Gasteiger partial charge in [-0.25, -0.2) is 9.79 Å². The Hall–Kier alpha value is -3.12. The van der Waals surface area contributed by atoms with E-state index < -0.39 is 18.4 Å². The molecule has 0 aliphatic carbocycles. The normalized spacial score (nSPS) is 20.1. The summed E-state index contributed by atoms with van der Waals surface area (Å²) in [7, 11) is 1.45. The molecule has 1 aromatic rings. The number of aliphatic imine (C=N–C) groups is 1. The van der Waals surface area contributed by atoms with E-state index in [0.717, 1.165) is 30.7 Å². The van der Waals surface area contributed by atoms with Crippen LogP contribution in [-0.2, 0) is 14.3 Å². The molecule has 0 saturated carbocycles. The van der Waals surface area contributed by atoms with Crippen molar-refractivity contribution in [1.29, 1.82) is 0 Å². The number of halogens is 3. The molecular weight excluding hydrogens is 469 g/mol. The maximum Gasteiger partial charge on any atom is 0.573 e. The Labute approximate surface area is 200 Å². The van der Waals surface area contributed by atoms with Crippen molar-refractivity contribution in [2.75, 3.05) is 33.5 Å². The van der Waals surface area contributed by atoms with Crippen LogP contribution >= 0.6 is 0 Å². The molecule has 0 radical (unpaired) electrons. The summed E-state index contributed by atoms with van der Waals surface area (Å²) in [5, 5.41) is 5.63. The fourth-order valence-electron chi connectivity index (χ4n) is 4.40. The molecule has 1 fully saturated rings. The van der Waals surface area contributed by atoms with Gasteiger partial charge in [0.25, 0.3) is 0 Å². The standard InChI is InChI=1S/C23H27F3N4O5/c1-33-13-19(14-2-4-16(5-3-14)35-23(24,25)26)29-22(32)30-12-20(31)27-18-7-6-17(28-21(18)30)15-8-10-34-11-9-15/h2-5,15,19H,6-13H2,1H3,(H,27,31)(H,29,32). The summed E-state index contributed by atoms with van der Waals surface area (Å²) in [6.45, 7) is 1.20. The largest absolute Gasteiger partial charge is 0.573 e. The number of benzene rings is 1. The van der Waals surface area contributed by atoms with Gasteiger partial charge in [-0.1, -0.05) is 12.1 Å². The number of nitrogens with one attached hydrogen (secondary N) is 2. The Kier molecular flexibility index (Phi) is 7.60. The third kappa shape index (κ3) is 6.31. The number of hydrogen-bond acceptors (Lipinski definition) is 6. The highest BCUT2D eigenvalue weighted by atomic mass is 19.4. The van der Waals surface area contributed by atoms with Crippen LogP contribution in [-0.4, -0.2) is 62.4 Å². The number of ether oxygens (including phenoxy) is 3. The van der Waals surface area contributed by atoms with Gasteiger partial charge in [-0.3, -0.25) is 9.69 Å². The van der Waals surface area contributed by atoms with Gasteiger partial charge in [-0.15, -0.1) is 13.2 Å². The fourth-order valence-corrected chi connectivity index (χ4v) is 4.40. The number of amides is 3. The lowest BCUT2D eigenvalue weighted by atomic mass is 9.90. The first-order valence-corrected chi connectivity index (χ1v) is 11.3. The first-order valence-electron chi connectivity index (χ1n) is 11.3. The number of carbonyl (C=O) groups is 2. The summed E-state index contributed by atoms with van der Waals surface area (Å²) >= 11 is 0. The van der Waals surface area contributed by atoms with Crippen LogP contribution < -0.4 is 15.4 Å². The van der Waals surface area contributed by atoms with Crippen LogP contribution in [0.5, 0.6) is 5.75 Å². The van der Waals surface area contributed by atoms with Crippen molar-refractivity contribution in [1.82, 2.24) is 15.5 Å². The van der Waals surface area contributed by atoms with Gasteiger partial charge >= 0.3 is 12.4 Å². The lowest BCUT2D eigenvalue weighted by Gasteiger charge is -2.35. The smallest absolute Gasteiger partial charge is 0.406 e. The number of alkyl halides is 3. The predicted octanol–water partition coefficient (Wildman–Crippen LogP) is 3.24. The Balaban J connectivity index is 1.52. The second-order valence-electron chi connectivity index (χ2n) is 8.50. The van der Waals surface area contributed by atoms with Gasteiger partial charge < -0.3 is 24.8 Å². The Bertz CT molecular complexity index is 1000. The SMILES string of the molecule is COCC(NC(=O)N1CC(=O)NC2=C1N=C(C1CCOCC1)CC2)c1ccc(OC(F)(F)F)cc1. The molecule has 1 atom stereocenters. The second-order valence-corrected chi connectivity index (χ2v) is 8.50. The van der Waals surface area contributed by atoms with E-state index in [0.29, 0.717) is 43.1 Å². The second kappa shape index (κ2) is 10.6. The van der Waals surface area contributed by atoms with Crippen LogP contribution in [0.1, 0.15) is 37.3 Å². The van der Waals surface area contributed by atoms with E-state index in [2.05, 4.69) is 15.4 Å². The van der Waals surface area contributed by atoms with Crippen molar-refractivity contribution in [2.45, 2.75) is 38.1 Å². The molecule has 9 nitrogen and oxygen atoms in total. The maximum atomic E-state index is 13.3. The van der Waals surface area contributed by atoms with Crippen molar-refractivity contribution in [3.8, 4) is 5.75 Å². The fraction of sp³-hybridized carbons (Fsp3) is 0.522. The van der Waals surface area contributed by atoms with Crippen molar-refractivity contribution >= 4 is 17.6 Å². The highest BCUT2D eigenvalue weighted by molar-refractivity contribution is 5.93. The van der Waals surface area contributed by atoms with E-state index in [-0.39, 0.29) is 30.7 Å². The van der Waals surface area contributed by atoms with Gasteiger partial charge in [-0.2, -0.15) is 0 Å². The van der Waals surface area contributed by atoms with Gasteiger partial charge in [0.15, 0.2) is 5.82 Å². The monoisotopic (exact) mass is 496 g/mol. The summed E-state index contributed by atoms with van der Waals surface area (Å²) in [6.07, 6.45) is -1.79. The lowest BCUT2D eigenvalue weighted by Crippen LogP contribution is -2.51. The minimum atomic E-state index is -4.80. The number of carbonyl (C=O) groups excluding carboxylic acids is 2. The summed E-state index contributed by atoms with van der Waals surface area (Å²) < 4.78 is 51.9. The molecule has 1 saturated heterocycles.